The lowest BCUT2D eigenvalue weighted by molar-refractivity contribution is 0.102. The highest BCUT2D eigenvalue weighted by atomic mass is 32.2. The van der Waals surface area contributed by atoms with Crippen LogP contribution >= 0.6 is 0 Å². The van der Waals surface area contributed by atoms with Crippen LogP contribution in [0.3, 0.4) is 0 Å². The summed E-state index contributed by atoms with van der Waals surface area (Å²) in [6, 6.07) is 10.4. The smallest absolute Gasteiger partial charge is 0.259 e. The summed E-state index contributed by atoms with van der Waals surface area (Å²) in [5.41, 5.74) is 2.93. The van der Waals surface area contributed by atoms with Crippen LogP contribution in [0.5, 0.6) is 5.75 Å². The second-order valence-corrected chi connectivity index (χ2v) is 10.5. The zero-order chi connectivity index (χ0) is 22.8. The Kier molecular flexibility index (Phi) is 7.06. The van der Waals surface area contributed by atoms with Crippen molar-refractivity contribution < 1.29 is 17.9 Å². The summed E-state index contributed by atoms with van der Waals surface area (Å²) in [5.74, 6) is 0.694. The molecule has 0 radical (unpaired) electrons. The molecule has 0 aliphatic carbocycles. The van der Waals surface area contributed by atoms with Gasteiger partial charge in [0.2, 0.25) is 10.0 Å². The molecule has 2 aromatic carbocycles. The van der Waals surface area contributed by atoms with Crippen LogP contribution in [0.15, 0.2) is 41.3 Å². The van der Waals surface area contributed by atoms with Crippen LogP contribution in [-0.4, -0.2) is 38.8 Å². The van der Waals surface area contributed by atoms with Crippen molar-refractivity contribution in [2.75, 3.05) is 25.5 Å². The van der Waals surface area contributed by atoms with Gasteiger partial charge in [0.05, 0.1) is 17.6 Å². The van der Waals surface area contributed by atoms with Gasteiger partial charge in [-0.15, -0.1) is 0 Å². The molecule has 0 atom stereocenters. The molecule has 3 rings (SSSR count). The second-order valence-electron chi connectivity index (χ2n) is 8.60. The molecule has 0 saturated carbocycles. The van der Waals surface area contributed by atoms with E-state index in [1.54, 1.807) is 6.07 Å². The Morgan fingerprint density at radius 3 is 2.45 bits per heavy atom. The lowest BCUT2D eigenvalue weighted by atomic mass is 9.98. The molecule has 7 heteroatoms. The van der Waals surface area contributed by atoms with Crippen molar-refractivity contribution in [2.45, 2.75) is 51.3 Å². The van der Waals surface area contributed by atoms with Gasteiger partial charge in [-0.05, 0) is 60.9 Å². The third-order valence-corrected chi connectivity index (χ3v) is 7.86. The number of methoxy groups -OCH3 is 1. The number of sulfonamides is 1. The summed E-state index contributed by atoms with van der Waals surface area (Å²) in [7, 11) is -2.20. The maximum atomic E-state index is 13.2. The minimum absolute atomic E-state index is 0.113. The monoisotopic (exact) mass is 444 g/mol. The molecule has 0 bridgehead atoms. The lowest BCUT2D eigenvalue weighted by Gasteiger charge is -2.29. The van der Waals surface area contributed by atoms with E-state index in [4.69, 9.17) is 4.74 Å². The van der Waals surface area contributed by atoms with Crippen LogP contribution in [0.2, 0.25) is 0 Å². The number of nitrogens with one attached hydrogen (secondary N) is 1. The summed E-state index contributed by atoms with van der Waals surface area (Å²) in [5, 5.41) is 2.99. The Labute approximate surface area is 185 Å². The number of para-hydroxylation sites is 1. The summed E-state index contributed by atoms with van der Waals surface area (Å²) in [4.78, 5) is 13.3. The number of hydrogen-bond acceptors (Lipinski definition) is 4. The normalized spacial score (nSPS) is 15.8. The average molecular weight is 445 g/mol. The Balaban J connectivity index is 1.96. The fourth-order valence-electron chi connectivity index (χ4n) is 3.92. The first-order chi connectivity index (χ1) is 14.6. The maximum Gasteiger partial charge on any atom is 0.259 e. The van der Waals surface area contributed by atoms with E-state index in [2.05, 4.69) is 26.1 Å². The van der Waals surface area contributed by atoms with Crippen molar-refractivity contribution in [3.05, 3.63) is 53.1 Å². The van der Waals surface area contributed by atoms with Crippen LogP contribution in [0.25, 0.3) is 0 Å². The average Bonchev–Trinajstić information content (AvgIpc) is 2.74. The molecule has 2 aromatic rings. The fraction of sp³-hybridized carbons (Fsp3) is 0.458. The molecule has 168 valence electrons. The fourth-order valence-corrected chi connectivity index (χ4v) is 5.42. The number of anilines is 1. The van der Waals surface area contributed by atoms with Crippen molar-refractivity contribution in [3.63, 3.8) is 0 Å². The Morgan fingerprint density at radius 1 is 1.16 bits per heavy atom. The first-order valence-electron chi connectivity index (χ1n) is 10.7. The van der Waals surface area contributed by atoms with E-state index in [1.807, 2.05) is 25.1 Å². The van der Waals surface area contributed by atoms with E-state index >= 15 is 0 Å². The lowest BCUT2D eigenvalue weighted by Crippen LogP contribution is -2.38. The molecule has 0 aromatic heterocycles. The van der Waals surface area contributed by atoms with Crippen molar-refractivity contribution in [1.29, 1.82) is 0 Å². The van der Waals surface area contributed by atoms with Gasteiger partial charge >= 0.3 is 0 Å². The van der Waals surface area contributed by atoms with Crippen molar-refractivity contribution in [1.82, 2.24) is 4.31 Å². The number of piperidine rings is 1. The number of carbonyl (C=O) groups is 1. The zero-order valence-corrected chi connectivity index (χ0v) is 19.8. The van der Waals surface area contributed by atoms with E-state index in [-0.39, 0.29) is 16.4 Å². The largest absolute Gasteiger partial charge is 0.496 e. The Hall–Kier alpha value is -2.38. The quantitative estimate of drug-likeness (QED) is 0.694. The van der Waals surface area contributed by atoms with Gasteiger partial charge in [0, 0.05) is 18.8 Å². The number of benzene rings is 2. The number of aryl methyl sites for hydroxylation is 1. The number of nitrogens with zero attached hydrogens (tertiary/aromatic N) is 1. The van der Waals surface area contributed by atoms with E-state index in [0.29, 0.717) is 24.8 Å². The Morgan fingerprint density at radius 2 is 1.84 bits per heavy atom. The van der Waals surface area contributed by atoms with E-state index < -0.39 is 15.9 Å². The van der Waals surface area contributed by atoms with Crippen LogP contribution in [0.4, 0.5) is 5.69 Å². The number of rotatable bonds is 6. The zero-order valence-electron chi connectivity index (χ0n) is 18.9. The van der Waals surface area contributed by atoms with Gasteiger partial charge in [0.1, 0.15) is 5.75 Å². The molecular weight excluding hydrogens is 412 g/mol. The van der Waals surface area contributed by atoms with Gasteiger partial charge in [0.25, 0.3) is 5.91 Å². The van der Waals surface area contributed by atoms with Crippen LogP contribution in [-0.2, 0) is 10.0 Å². The number of amides is 1. The molecule has 1 saturated heterocycles. The van der Waals surface area contributed by atoms with Crippen LogP contribution in [0, 0.1) is 12.8 Å². The van der Waals surface area contributed by atoms with E-state index in [0.717, 1.165) is 29.7 Å². The van der Waals surface area contributed by atoms with Gasteiger partial charge in [0.15, 0.2) is 0 Å². The molecule has 1 aliphatic heterocycles. The maximum absolute atomic E-state index is 13.2. The highest BCUT2D eigenvalue weighted by molar-refractivity contribution is 7.89. The third kappa shape index (κ3) is 4.93. The molecule has 1 N–H and O–H groups in total. The second kappa shape index (κ2) is 9.40. The molecule has 1 aliphatic rings. The summed E-state index contributed by atoms with van der Waals surface area (Å²) < 4.78 is 33.2. The minimum Gasteiger partial charge on any atom is -0.496 e. The van der Waals surface area contributed by atoms with Gasteiger partial charge in [-0.2, -0.15) is 4.31 Å². The molecule has 1 heterocycles. The molecule has 1 amide bonds. The van der Waals surface area contributed by atoms with Gasteiger partial charge in [-0.25, -0.2) is 8.42 Å². The summed E-state index contributed by atoms with van der Waals surface area (Å²) >= 11 is 0. The SMILES string of the molecule is COc1ccc(S(=O)(=O)N2CCC(C)CC2)cc1C(=O)Nc1c(C)cccc1C(C)C. The topological polar surface area (TPSA) is 75.7 Å². The molecule has 1 fully saturated rings. The highest BCUT2D eigenvalue weighted by Crippen LogP contribution is 2.31. The van der Waals surface area contributed by atoms with Crippen LogP contribution in [0.1, 0.15) is 61.0 Å². The number of ether oxygens (including phenoxy) is 1. The summed E-state index contributed by atoms with van der Waals surface area (Å²) in [6.07, 6.45) is 1.68. The van der Waals surface area contributed by atoms with E-state index in [1.165, 1.54) is 23.5 Å². The van der Waals surface area contributed by atoms with E-state index in [9.17, 15) is 13.2 Å². The standard InChI is InChI=1S/C24H32N2O4S/c1-16(2)20-8-6-7-18(4)23(20)25-24(27)21-15-19(9-10-22(21)30-5)31(28,29)26-13-11-17(3)12-14-26/h6-10,15-17H,11-14H2,1-5H3,(H,25,27). The molecule has 6 nitrogen and oxygen atoms in total. The number of carbonyl (C=O) groups excluding carboxylic acids is 1. The number of hydrogen-bond donors (Lipinski definition) is 1. The van der Waals surface area contributed by atoms with Crippen LogP contribution < -0.4 is 10.1 Å². The van der Waals surface area contributed by atoms with Crippen molar-refractivity contribution >= 4 is 21.6 Å². The minimum atomic E-state index is -3.67. The molecule has 0 spiro atoms. The predicted octanol–water partition coefficient (Wildman–Crippen LogP) is 4.80. The van der Waals surface area contributed by atoms with Crippen molar-refractivity contribution in [2.24, 2.45) is 5.92 Å². The van der Waals surface area contributed by atoms with Gasteiger partial charge in [-0.3, -0.25) is 4.79 Å². The molecular formula is C24H32N2O4S. The molecule has 0 unspecified atom stereocenters. The van der Waals surface area contributed by atoms with Gasteiger partial charge < -0.3 is 10.1 Å². The molecule has 31 heavy (non-hydrogen) atoms. The first-order valence-corrected chi connectivity index (χ1v) is 12.2. The van der Waals surface area contributed by atoms with Crippen molar-refractivity contribution in [3.8, 4) is 5.75 Å². The van der Waals surface area contributed by atoms with Gasteiger partial charge in [-0.1, -0.05) is 39.0 Å². The Bertz CT molecular complexity index is 1060. The summed E-state index contributed by atoms with van der Waals surface area (Å²) in [6.45, 7) is 9.21. The first kappa shape index (κ1) is 23.3. The predicted molar refractivity (Wildman–Crippen MR) is 123 cm³/mol. The highest BCUT2D eigenvalue weighted by Gasteiger charge is 2.29. The third-order valence-electron chi connectivity index (χ3n) is 5.96.